The third-order valence-corrected chi connectivity index (χ3v) is 4.10. The molecule has 0 aliphatic heterocycles. The largest absolute Gasteiger partial charge is 0.481 e. The number of carbonyl (C=O) groups is 1. The zero-order chi connectivity index (χ0) is 14.6. The Morgan fingerprint density at radius 2 is 2.20 bits per heavy atom. The van der Waals surface area contributed by atoms with Crippen molar-refractivity contribution in [3.05, 3.63) is 28.7 Å². The van der Waals surface area contributed by atoms with Gasteiger partial charge in [-0.2, -0.15) is 0 Å². The summed E-state index contributed by atoms with van der Waals surface area (Å²) in [4.78, 5) is 12.0. The van der Waals surface area contributed by atoms with Crippen LogP contribution in [0.15, 0.2) is 28.7 Å². The third-order valence-electron chi connectivity index (χ3n) is 3.60. The summed E-state index contributed by atoms with van der Waals surface area (Å²) in [7, 11) is 0. The van der Waals surface area contributed by atoms with E-state index in [1.165, 1.54) is 0 Å². The fourth-order valence-electron chi connectivity index (χ4n) is 2.40. The molecule has 1 fully saturated rings. The summed E-state index contributed by atoms with van der Waals surface area (Å²) in [6.45, 7) is 2.01. The summed E-state index contributed by atoms with van der Waals surface area (Å²) in [5.74, 6) is 0.437. The first-order valence-electron chi connectivity index (χ1n) is 6.91. The Kier molecular flexibility index (Phi) is 5.05. The molecule has 110 valence electrons. The molecule has 0 spiro atoms. The van der Waals surface area contributed by atoms with E-state index in [0.717, 1.165) is 30.2 Å². The summed E-state index contributed by atoms with van der Waals surface area (Å²) in [6.07, 6.45) is 2.98. The van der Waals surface area contributed by atoms with Crippen LogP contribution in [-0.4, -0.2) is 29.3 Å². The molecule has 1 aromatic carbocycles. The standard InChI is InChI=1S/C15H20BrNO3/c1-11(20-13-6-4-5-12(16)9-13)14(18)17-10-15(19)7-2-3-8-15/h4-6,9,11,19H,2-3,7-8,10H2,1H3,(H,17,18). The van der Waals surface area contributed by atoms with Crippen molar-refractivity contribution >= 4 is 21.8 Å². The van der Waals surface area contributed by atoms with Gasteiger partial charge in [0.15, 0.2) is 6.10 Å². The Hall–Kier alpha value is -1.07. The molecule has 1 saturated carbocycles. The number of ether oxygens (including phenoxy) is 1. The fourth-order valence-corrected chi connectivity index (χ4v) is 2.78. The molecule has 1 amide bonds. The number of benzene rings is 1. The predicted octanol–water partition coefficient (Wildman–Crippen LogP) is 2.64. The molecule has 4 nitrogen and oxygen atoms in total. The molecule has 0 aromatic heterocycles. The molecule has 0 heterocycles. The highest BCUT2D eigenvalue weighted by Gasteiger charge is 2.31. The Bertz CT molecular complexity index is 472. The van der Waals surface area contributed by atoms with Gasteiger partial charge in [-0.15, -0.1) is 0 Å². The van der Waals surface area contributed by atoms with Crippen molar-refractivity contribution in [2.75, 3.05) is 6.54 Å². The number of hydrogen-bond acceptors (Lipinski definition) is 3. The molecule has 20 heavy (non-hydrogen) atoms. The van der Waals surface area contributed by atoms with Crippen LogP contribution < -0.4 is 10.1 Å². The first-order valence-corrected chi connectivity index (χ1v) is 7.70. The molecule has 1 unspecified atom stereocenters. The predicted molar refractivity (Wildman–Crippen MR) is 80.7 cm³/mol. The molecule has 0 radical (unpaired) electrons. The van der Waals surface area contributed by atoms with Crippen LogP contribution in [0.2, 0.25) is 0 Å². The lowest BCUT2D eigenvalue weighted by molar-refractivity contribution is -0.128. The average molecular weight is 342 g/mol. The minimum atomic E-state index is -0.731. The van der Waals surface area contributed by atoms with Gasteiger partial charge in [0.2, 0.25) is 0 Å². The highest BCUT2D eigenvalue weighted by Crippen LogP contribution is 2.28. The second-order valence-electron chi connectivity index (χ2n) is 5.37. The monoisotopic (exact) mass is 341 g/mol. The highest BCUT2D eigenvalue weighted by molar-refractivity contribution is 9.10. The number of hydrogen-bond donors (Lipinski definition) is 2. The minimum absolute atomic E-state index is 0.203. The summed E-state index contributed by atoms with van der Waals surface area (Å²) >= 11 is 3.36. The summed E-state index contributed by atoms with van der Waals surface area (Å²) < 4.78 is 6.49. The van der Waals surface area contributed by atoms with E-state index in [4.69, 9.17) is 4.74 Å². The van der Waals surface area contributed by atoms with E-state index < -0.39 is 11.7 Å². The van der Waals surface area contributed by atoms with E-state index in [0.29, 0.717) is 12.3 Å². The van der Waals surface area contributed by atoms with Gasteiger partial charge in [-0.1, -0.05) is 34.8 Å². The van der Waals surface area contributed by atoms with E-state index in [1.807, 2.05) is 18.2 Å². The van der Waals surface area contributed by atoms with Crippen LogP contribution in [0.3, 0.4) is 0 Å². The van der Waals surface area contributed by atoms with Gasteiger partial charge in [-0.25, -0.2) is 0 Å². The van der Waals surface area contributed by atoms with Crippen molar-refractivity contribution in [2.24, 2.45) is 0 Å². The van der Waals surface area contributed by atoms with Crippen molar-refractivity contribution < 1.29 is 14.6 Å². The molecule has 1 atom stereocenters. The second-order valence-corrected chi connectivity index (χ2v) is 6.28. The maximum atomic E-state index is 12.0. The topological polar surface area (TPSA) is 58.6 Å². The SMILES string of the molecule is CC(Oc1cccc(Br)c1)C(=O)NCC1(O)CCCC1. The molecule has 2 rings (SSSR count). The number of rotatable bonds is 5. The molecule has 0 saturated heterocycles. The normalized spacial score (nSPS) is 18.6. The highest BCUT2D eigenvalue weighted by atomic mass is 79.9. The Balaban J connectivity index is 1.83. The van der Waals surface area contributed by atoms with Gasteiger partial charge in [-0.3, -0.25) is 4.79 Å². The lowest BCUT2D eigenvalue weighted by atomic mass is 10.0. The number of carbonyl (C=O) groups excluding carboxylic acids is 1. The summed E-state index contributed by atoms with van der Waals surface area (Å²) in [6, 6.07) is 7.37. The Morgan fingerprint density at radius 1 is 1.50 bits per heavy atom. The zero-order valence-corrected chi connectivity index (χ0v) is 13.1. The van der Waals surface area contributed by atoms with Crippen molar-refractivity contribution in [2.45, 2.75) is 44.3 Å². The van der Waals surface area contributed by atoms with Crippen LogP contribution in [0, 0.1) is 0 Å². The van der Waals surface area contributed by atoms with Crippen LogP contribution in [0.25, 0.3) is 0 Å². The Labute approximate surface area is 127 Å². The first kappa shape index (κ1) is 15.3. The summed E-state index contributed by atoms with van der Waals surface area (Å²) in [5, 5.41) is 13.0. The third kappa shape index (κ3) is 4.21. The Morgan fingerprint density at radius 3 is 2.85 bits per heavy atom. The molecular formula is C15H20BrNO3. The van der Waals surface area contributed by atoms with Crippen LogP contribution in [-0.2, 0) is 4.79 Å². The van der Waals surface area contributed by atoms with Gasteiger partial charge in [0, 0.05) is 11.0 Å². The van der Waals surface area contributed by atoms with Gasteiger partial charge in [0.05, 0.1) is 5.60 Å². The van der Waals surface area contributed by atoms with E-state index in [2.05, 4.69) is 21.2 Å². The summed E-state index contributed by atoms with van der Waals surface area (Å²) in [5.41, 5.74) is -0.731. The van der Waals surface area contributed by atoms with Crippen LogP contribution in [0.1, 0.15) is 32.6 Å². The molecule has 1 aromatic rings. The van der Waals surface area contributed by atoms with E-state index in [1.54, 1.807) is 13.0 Å². The quantitative estimate of drug-likeness (QED) is 0.865. The van der Waals surface area contributed by atoms with Crippen molar-refractivity contribution in [3.8, 4) is 5.75 Å². The van der Waals surface area contributed by atoms with Crippen molar-refractivity contribution in [1.29, 1.82) is 0 Å². The van der Waals surface area contributed by atoms with Gasteiger partial charge >= 0.3 is 0 Å². The van der Waals surface area contributed by atoms with Gasteiger partial charge in [0.1, 0.15) is 5.75 Å². The van der Waals surface area contributed by atoms with Crippen LogP contribution in [0.5, 0.6) is 5.75 Å². The molecule has 0 bridgehead atoms. The van der Waals surface area contributed by atoms with Gasteiger partial charge in [0.25, 0.3) is 5.91 Å². The molecule has 2 N–H and O–H groups in total. The maximum absolute atomic E-state index is 12.0. The van der Waals surface area contributed by atoms with E-state index >= 15 is 0 Å². The number of halogens is 1. The van der Waals surface area contributed by atoms with Gasteiger partial charge in [-0.05, 0) is 38.0 Å². The van der Waals surface area contributed by atoms with E-state index in [9.17, 15) is 9.90 Å². The minimum Gasteiger partial charge on any atom is -0.481 e. The van der Waals surface area contributed by atoms with E-state index in [-0.39, 0.29) is 5.91 Å². The van der Waals surface area contributed by atoms with Crippen LogP contribution in [0.4, 0.5) is 0 Å². The first-order chi connectivity index (χ1) is 9.48. The fraction of sp³-hybridized carbons (Fsp3) is 0.533. The van der Waals surface area contributed by atoms with Crippen LogP contribution >= 0.6 is 15.9 Å². The van der Waals surface area contributed by atoms with Crippen molar-refractivity contribution in [1.82, 2.24) is 5.32 Å². The zero-order valence-electron chi connectivity index (χ0n) is 11.6. The lowest BCUT2D eigenvalue weighted by Gasteiger charge is -2.23. The second kappa shape index (κ2) is 6.59. The lowest BCUT2D eigenvalue weighted by Crippen LogP contribution is -2.45. The number of amides is 1. The molecule has 5 heteroatoms. The number of aliphatic hydroxyl groups is 1. The average Bonchev–Trinajstić information content (AvgIpc) is 2.83. The number of nitrogens with one attached hydrogen (secondary N) is 1. The smallest absolute Gasteiger partial charge is 0.260 e. The van der Waals surface area contributed by atoms with Gasteiger partial charge < -0.3 is 15.2 Å². The molecular weight excluding hydrogens is 322 g/mol. The molecule has 1 aliphatic rings. The van der Waals surface area contributed by atoms with Crippen molar-refractivity contribution in [3.63, 3.8) is 0 Å². The maximum Gasteiger partial charge on any atom is 0.260 e. The molecule has 1 aliphatic carbocycles.